The maximum Gasteiger partial charge on any atom is 0.259 e. The fourth-order valence-corrected chi connectivity index (χ4v) is 11.9. The Morgan fingerprint density at radius 2 is 1.48 bits per heavy atom. The Labute approximate surface area is 392 Å². The molecule has 352 valence electrons. The topological polar surface area (TPSA) is 139 Å². The number of ether oxygens (including phenoxy) is 4. The largest absolute Gasteiger partial charge is 0.497 e. The van der Waals surface area contributed by atoms with Crippen molar-refractivity contribution in [1.29, 1.82) is 5.26 Å². The molecule has 0 amide bonds. The number of aryl methyl sites for hydroxylation is 1. The van der Waals surface area contributed by atoms with Gasteiger partial charge < -0.3 is 37.0 Å². The normalized spacial score (nSPS) is 19.7. The molecule has 0 N–H and O–H groups in total. The number of nitriles is 1. The summed E-state index contributed by atoms with van der Waals surface area (Å²) in [6, 6.07) is 28.4. The van der Waals surface area contributed by atoms with Gasteiger partial charge in [0.05, 0.1) is 45.3 Å². The van der Waals surface area contributed by atoms with Crippen LogP contribution >= 0.6 is 8.53 Å². The first-order valence-corrected chi connectivity index (χ1v) is 27.0. The van der Waals surface area contributed by atoms with E-state index in [9.17, 15) is 10.1 Å². The molecule has 15 heteroatoms. The standard InChI is InChI=1S/C51H66N5O8PSi/c1-34(2)56(35(3)4)65(61-30-16-29-52)63-46-43(32-60-51(37-18-13-12-14-19-37,38-21-25-40(58-8)26-22-38)39-23-27-41(59-9)28-24-39)62-49(47(46)64-66(10,11)50(5,6)7)55-31-36-17-15-20-42(57)45-44(36)48(55)54-33-53-45/h12-14,18-19,21-28,31,33-35,43,46-47,49H,15-17,20,30,32H2,1-11H3/t43-,46-,47-,49-,65?/m1/s1. The van der Waals surface area contributed by atoms with Crippen molar-refractivity contribution in [2.75, 3.05) is 27.4 Å². The van der Waals surface area contributed by atoms with Gasteiger partial charge in [0, 0.05) is 24.7 Å². The van der Waals surface area contributed by atoms with Gasteiger partial charge in [-0.15, -0.1) is 0 Å². The van der Waals surface area contributed by atoms with E-state index in [2.05, 4.69) is 95.6 Å². The van der Waals surface area contributed by atoms with Crippen LogP contribution in [0.4, 0.5) is 0 Å². The zero-order chi connectivity index (χ0) is 47.4. The Kier molecular flexibility index (Phi) is 15.5. The quantitative estimate of drug-likeness (QED) is 0.0337. The van der Waals surface area contributed by atoms with Crippen LogP contribution in [-0.2, 0) is 35.0 Å². The van der Waals surface area contributed by atoms with Gasteiger partial charge in [-0.05, 0) is 105 Å². The average Bonchev–Trinajstić information content (AvgIpc) is 3.77. The van der Waals surface area contributed by atoms with E-state index in [4.69, 9.17) is 37.4 Å². The molecule has 66 heavy (non-hydrogen) atoms. The smallest absolute Gasteiger partial charge is 0.259 e. The van der Waals surface area contributed by atoms with Gasteiger partial charge in [0.15, 0.2) is 20.3 Å². The molecule has 5 aromatic rings. The number of methoxy groups -OCH3 is 2. The lowest BCUT2D eigenvalue weighted by molar-refractivity contribution is -0.0925. The van der Waals surface area contributed by atoms with Crippen LogP contribution in [0.15, 0.2) is 91.4 Å². The van der Waals surface area contributed by atoms with E-state index in [0.717, 1.165) is 27.6 Å². The maximum absolute atomic E-state index is 13.5. The Morgan fingerprint density at radius 3 is 2.05 bits per heavy atom. The van der Waals surface area contributed by atoms with Gasteiger partial charge >= 0.3 is 0 Å². The highest BCUT2D eigenvalue weighted by Gasteiger charge is 2.54. The molecule has 7 rings (SSSR count). The van der Waals surface area contributed by atoms with E-state index < -0.39 is 47.0 Å². The molecule has 2 aromatic heterocycles. The Balaban J connectivity index is 1.44. The van der Waals surface area contributed by atoms with Crippen molar-refractivity contribution >= 4 is 33.7 Å². The van der Waals surface area contributed by atoms with Crippen molar-refractivity contribution in [3.8, 4) is 17.6 Å². The molecule has 1 saturated heterocycles. The molecule has 5 atom stereocenters. The average molecular weight is 936 g/mol. The molecule has 0 radical (unpaired) electrons. The maximum atomic E-state index is 13.5. The minimum absolute atomic E-state index is 0.00439. The number of ketones is 1. The number of benzene rings is 3. The lowest BCUT2D eigenvalue weighted by atomic mass is 9.80. The number of hydrogen-bond acceptors (Lipinski definition) is 12. The van der Waals surface area contributed by atoms with E-state index in [1.54, 1.807) is 14.2 Å². The van der Waals surface area contributed by atoms with Gasteiger partial charge in [-0.1, -0.05) is 75.4 Å². The number of nitrogens with zero attached hydrogens (tertiary/aromatic N) is 5. The van der Waals surface area contributed by atoms with E-state index in [1.165, 1.54) is 6.33 Å². The van der Waals surface area contributed by atoms with Crippen LogP contribution in [0, 0.1) is 11.3 Å². The minimum Gasteiger partial charge on any atom is -0.497 e. The third kappa shape index (κ3) is 10.0. The highest BCUT2D eigenvalue weighted by Crippen LogP contribution is 2.53. The third-order valence-corrected chi connectivity index (χ3v) is 19.7. The molecule has 3 aromatic carbocycles. The van der Waals surface area contributed by atoms with Crippen molar-refractivity contribution in [2.24, 2.45) is 0 Å². The van der Waals surface area contributed by atoms with Gasteiger partial charge in [-0.25, -0.2) is 14.6 Å². The molecular formula is C51H66N5O8PSi. The molecular weight excluding hydrogens is 870 g/mol. The number of carbonyl (C=O) groups is 1. The molecule has 0 spiro atoms. The van der Waals surface area contributed by atoms with E-state index in [-0.39, 0.29) is 42.5 Å². The van der Waals surface area contributed by atoms with Crippen molar-refractivity contribution in [3.05, 3.63) is 119 Å². The van der Waals surface area contributed by atoms with Crippen molar-refractivity contribution in [3.63, 3.8) is 0 Å². The van der Waals surface area contributed by atoms with Crippen LogP contribution in [-0.4, -0.2) is 91.1 Å². The van der Waals surface area contributed by atoms with Crippen LogP contribution in [0.5, 0.6) is 11.5 Å². The predicted octanol–water partition coefficient (Wildman–Crippen LogP) is 10.9. The molecule has 1 fully saturated rings. The third-order valence-electron chi connectivity index (χ3n) is 13.1. The van der Waals surface area contributed by atoms with Crippen LogP contribution in [0.1, 0.15) is 107 Å². The zero-order valence-electron chi connectivity index (χ0n) is 40.3. The van der Waals surface area contributed by atoms with Crippen molar-refractivity contribution in [1.82, 2.24) is 19.2 Å². The summed E-state index contributed by atoms with van der Waals surface area (Å²) in [6.45, 7) is 19.8. The lowest BCUT2D eigenvalue weighted by Crippen LogP contribution is -2.50. The lowest BCUT2D eigenvalue weighted by Gasteiger charge is -2.42. The second-order valence-corrected chi connectivity index (χ2v) is 25.3. The predicted molar refractivity (Wildman–Crippen MR) is 259 cm³/mol. The van der Waals surface area contributed by atoms with Crippen molar-refractivity contribution < 1.29 is 37.2 Å². The monoisotopic (exact) mass is 935 g/mol. The summed E-state index contributed by atoms with van der Waals surface area (Å²) in [6.07, 6.45) is 2.61. The van der Waals surface area contributed by atoms with Crippen LogP contribution in [0.25, 0.3) is 11.0 Å². The fourth-order valence-electron chi connectivity index (χ4n) is 8.83. The number of carbonyl (C=O) groups excluding carboxylic acids is 1. The van der Waals surface area contributed by atoms with Crippen LogP contribution in [0.2, 0.25) is 18.1 Å². The highest BCUT2D eigenvalue weighted by molar-refractivity contribution is 7.44. The summed E-state index contributed by atoms with van der Waals surface area (Å²) in [4.78, 5) is 22.8. The minimum atomic E-state index is -2.61. The molecule has 0 saturated carbocycles. The van der Waals surface area contributed by atoms with Crippen LogP contribution < -0.4 is 9.47 Å². The fraction of sp³-hybridized carbons (Fsp3) is 0.490. The number of rotatable bonds is 19. The van der Waals surface area contributed by atoms with Gasteiger partial charge in [0.2, 0.25) is 0 Å². The SMILES string of the molecule is COc1ccc(C(OC[C@H]2O[C@@H](n3cc4c5c(ncnc53)C(=O)CCC4)[C@H](O[Si](C)(C)C(C)(C)C)[C@@H]2OP(OCCC#N)N(C(C)C)C(C)C)(c2ccccc2)c2ccc(OC)cc2)cc1. The first-order valence-electron chi connectivity index (χ1n) is 23.0. The molecule has 1 unspecified atom stereocenters. The first-order chi connectivity index (χ1) is 31.5. The summed E-state index contributed by atoms with van der Waals surface area (Å²) in [7, 11) is -1.08. The number of hydrogen-bond donors (Lipinski definition) is 0. The van der Waals surface area contributed by atoms with Gasteiger partial charge in [-0.2, -0.15) is 5.26 Å². The summed E-state index contributed by atoms with van der Waals surface area (Å²) >= 11 is 0. The summed E-state index contributed by atoms with van der Waals surface area (Å²) < 4.78 is 52.2. The van der Waals surface area contributed by atoms with Gasteiger partial charge in [0.25, 0.3) is 8.53 Å². The van der Waals surface area contributed by atoms with Crippen LogP contribution in [0.3, 0.4) is 0 Å². The Hall–Kier alpha value is -4.55. The van der Waals surface area contributed by atoms with E-state index in [1.807, 2.05) is 71.3 Å². The molecule has 1 aliphatic heterocycles. The molecule has 13 nitrogen and oxygen atoms in total. The molecule has 0 bridgehead atoms. The Morgan fingerprint density at radius 1 is 0.879 bits per heavy atom. The zero-order valence-corrected chi connectivity index (χ0v) is 42.2. The Bertz CT molecular complexity index is 2400. The summed E-state index contributed by atoms with van der Waals surface area (Å²) in [5, 5.41) is 10.2. The molecule has 3 heterocycles. The van der Waals surface area contributed by atoms with Crippen molar-refractivity contribution in [2.45, 2.75) is 135 Å². The number of aromatic nitrogens is 3. The summed E-state index contributed by atoms with van der Waals surface area (Å²) in [5.74, 6) is 1.44. The second kappa shape index (κ2) is 20.8. The highest BCUT2D eigenvalue weighted by atomic mass is 31.2. The molecule has 2 aliphatic rings. The molecule has 1 aliphatic carbocycles. The summed E-state index contributed by atoms with van der Waals surface area (Å²) in [5.41, 5.74) is 3.52. The van der Waals surface area contributed by atoms with Gasteiger partial charge in [-0.3, -0.25) is 4.79 Å². The van der Waals surface area contributed by atoms with Gasteiger partial charge in [0.1, 0.15) is 53.1 Å². The number of Topliss-reactive ketones (excluding diaryl/α,β-unsaturated/α-hetero) is 1. The second-order valence-electron chi connectivity index (χ2n) is 19.1. The first kappa shape index (κ1) is 49.4. The van der Waals surface area contributed by atoms with E-state index >= 15 is 0 Å². The van der Waals surface area contributed by atoms with E-state index in [0.29, 0.717) is 42.1 Å².